The van der Waals surface area contributed by atoms with E-state index in [4.69, 9.17) is 0 Å². The van der Waals surface area contributed by atoms with E-state index in [0.717, 1.165) is 11.4 Å². The monoisotopic (exact) mass is 324 g/mol. The van der Waals surface area contributed by atoms with E-state index in [2.05, 4.69) is 29.4 Å². The summed E-state index contributed by atoms with van der Waals surface area (Å²) >= 11 is 1.40. The van der Waals surface area contributed by atoms with Gasteiger partial charge in [-0.15, -0.1) is 10.2 Å². The number of nitrogens with zero attached hydrogens (tertiary/aromatic N) is 3. The Bertz CT molecular complexity index is 562. The van der Waals surface area contributed by atoms with Crippen LogP contribution < -0.4 is 5.32 Å². The molecule has 1 unspecified atom stereocenters. The first-order valence-corrected chi connectivity index (χ1v) is 8.42. The summed E-state index contributed by atoms with van der Waals surface area (Å²) in [7, 11) is 0. The Morgan fingerprint density at radius 3 is 2.64 bits per heavy atom. The standard InChI is InChI=1S/C15H24N4O2S/c1-9(2)6-11-17-18-14(22-11)16-13(21)10-7-12(20)19(8-10)15(3,4)5/h9-10H,6-8H2,1-5H3,(H,16,18,21). The summed E-state index contributed by atoms with van der Waals surface area (Å²) < 4.78 is 0. The van der Waals surface area contributed by atoms with Crippen LogP contribution in [0.25, 0.3) is 0 Å². The fourth-order valence-corrected chi connectivity index (χ4v) is 3.43. The fourth-order valence-electron chi connectivity index (χ4n) is 2.47. The van der Waals surface area contributed by atoms with Gasteiger partial charge in [0.2, 0.25) is 16.9 Å². The first-order chi connectivity index (χ1) is 10.2. The van der Waals surface area contributed by atoms with Crippen molar-refractivity contribution in [3.8, 4) is 0 Å². The second-order valence-corrected chi connectivity index (χ2v) is 8.23. The zero-order valence-electron chi connectivity index (χ0n) is 13.8. The van der Waals surface area contributed by atoms with Crippen molar-refractivity contribution in [3.05, 3.63) is 5.01 Å². The predicted octanol–water partition coefficient (Wildman–Crippen LogP) is 2.32. The molecule has 7 heteroatoms. The highest BCUT2D eigenvalue weighted by molar-refractivity contribution is 7.15. The molecule has 2 rings (SSSR count). The molecule has 0 aromatic carbocycles. The smallest absolute Gasteiger partial charge is 0.231 e. The number of rotatable bonds is 4. The highest BCUT2D eigenvalue weighted by Crippen LogP contribution is 2.27. The van der Waals surface area contributed by atoms with Crippen LogP contribution in [0.4, 0.5) is 5.13 Å². The Hall–Kier alpha value is -1.50. The van der Waals surface area contributed by atoms with Gasteiger partial charge < -0.3 is 10.2 Å². The molecule has 1 N–H and O–H groups in total. The van der Waals surface area contributed by atoms with Gasteiger partial charge in [-0.05, 0) is 26.7 Å². The highest BCUT2D eigenvalue weighted by atomic mass is 32.1. The van der Waals surface area contributed by atoms with Crippen molar-refractivity contribution >= 4 is 28.3 Å². The van der Waals surface area contributed by atoms with Crippen molar-refractivity contribution < 1.29 is 9.59 Å². The predicted molar refractivity (Wildman–Crippen MR) is 86.7 cm³/mol. The number of carbonyl (C=O) groups excluding carboxylic acids is 2. The van der Waals surface area contributed by atoms with Crippen molar-refractivity contribution in [2.75, 3.05) is 11.9 Å². The van der Waals surface area contributed by atoms with E-state index in [1.54, 1.807) is 4.90 Å². The summed E-state index contributed by atoms with van der Waals surface area (Å²) in [6.07, 6.45) is 1.12. The van der Waals surface area contributed by atoms with Crippen molar-refractivity contribution in [1.82, 2.24) is 15.1 Å². The third kappa shape index (κ3) is 4.03. The molecule has 22 heavy (non-hydrogen) atoms. The summed E-state index contributed by atoms with van der Waals surface area (Å²) in [6, 6.07) is 0. The van der Waals surface area contributed by atoms with Crippen LogP contribution in [-0.2, 0) is 16.0 Å². The van der Waals surface area contributed by atoms with Gasteiger partial charge in [-0.1, -0.05) is 25.2 Å². The normalized spacial score (nSPS) is 19.1. The molecule has 1 saturated heterocycles. The molecule has 0 spiro atoms. The van der Waals surface area contributed by atoms with E-state index in [1.807, 2.05) is 20.8 Å². The molecule has 1 fully saturated rings. The van der Waals surface area contributed by atoms with Crippen molar-refractivity contribution in [2.45, 2.75) is 53.0 Å². The van der Waals surface area contributed by atoms with Crippen LogP contribution in [0.15, 0.2) is 0 Å². The number of nitrogens with one attached hydrogen (secondary N) is 1. The molecule has 0 bridgehead atoms. The summed E-state index contributed by atoms with van der Waals surface area (Å²) in [5.74, 6) is 0.0752. The molecule has 122 valence electrons. The number of aromatic nitrogens is 2. The largest absolute Gasteiger partial charge is 0.337 e. The van der Waals surface area contributed by atoms with Crippen molar-refractivity contribution in [2.24, 2.45) is 11.8 Å². The van der Waals surface area contributed by atoms with Gasteiger partial charge in [-0.3, -0.25) is 9.59 Å². The second-order valence-electron chi connectivity index (χ2n) is 7.16. The number of likely N-dealkylation sites (tertiary alicyclic amines) is 1. The average molecular weight is 324 g/mol. The van der Waals surface area contributed by atoms with Gasteiger partial charge >= 0.3 is 0 Å². The van der Waals surface area contributed by atoms with Crippen LogP contribution in [0.3, 0.4) is 0 Å². The minimum atomic E-state index is -0.316. The Labute approximate surface area is 135 Å². The van der Waals surface area contributed by atoms with Crippen molar-refractivity contribution in [3.63, 3.8) is 0 Å². The number of hydrogen-bond donors (Lipinski definition) is 1. The lowest BCUT2D eigenvalue weighted by Gasteiger charge is -2.31. The SMILES string of the molecule is CC(C)Cc1nnc(NC(=O)C2CC(=O)N(C(C)(C)C)C2)s1. The third-order valence-corrected chi connectivity index (χ3v) is 4.45. The number of amides is 2. The number of anilines is 1. The molecule has 6 nitrogen and oxygen atoms in total. The summed E-state index contributed by atoms with van der Waals surface area (Å²) in [5, 5.41) is 12.3. The topological polar surface area (TPSA) is 75.2 Å². The molecule has 2 amide bonds. The summed E-state index contributed by atoms with van der Waals surface area (Å²) in [4.78, 5) is 26.1. The average Bonchev–Trinajstić information content (AvgIpc) is 2.94. The zero-order valence-corrected chi connectivity index (χ0v) is 14.7. The fraction of sp³-hybridized carbons (Fsp3) is 0.733. The lowest BCUT2D eigenvalue weighted by Crippen LogP contribution is -2.42. The molecule has 2 heterocycles. The molecule has 1 aromatic heterocycles. The van der Waals surface area contributed by atoms with Gasteiger partial charge in [0.05, 0.1) is 5.92 Å². The maximum absolute atomic E-state index is 12.3. The molecule has 0 radical (unpaired) electrons. The molecule has 0 aliphatic carbocycles. The van der Waals surface area contributed by atoms with Crippen LogP contribution in [0.1, 0.15) is 46.0 Å². The Morgan fingerprint density at radius 2 is 2.09 bits per heavy atom. The first kappa shape index (κ1) is 16.9. The lowest BCUT2D eigenvalue weighted by atomic mass is 10.1. The number of carbonyl (C=O) groups is 2. The molecule has 1 aliphatic heterocycles. The first-order valence-electron chi connectivity index (χ1n) is 7.60. The second kappa shape index (κ2) is 6.32. The zero-order chi connectivity index (χ0) is 16.5. The van der Waals surface area contributed by atoms with E-state index in [9.17, 15) is 9.59 Å². The third-order valence-electron chi connectivity index (χ3n) is 3.59. The van der Waals surface area contributed by atoms with E-state index >= 15 is 0 Å². The van der Waals surface area contributed by atoms with E-state index in [1.165, 1.54) is 11.3 Å². The Kier molecular flexibility index (Phi) is 4.84. The van der Waals surface area contributed by atoms with Crippen LogP contribution in [0.5, 0.6) is 0 Å². The Balaban J connectivity index is 1.96. The van der Waals surface area contributed by atoms with Crippen LogP contribution in [-0.4, -0.2) is 39.0 Å². The van der Waals surface area contributed by atoms with E-state index in [0.29, 0.717) is 17.6 Å². The van der Waals surface area contributed by atoms with Gasteiger partial charge in [-0.2, -0.15) is 0 Å². The van der Waals surface area contributed by atoms with Gasteiger partial charge in [-0.25, -0.2) is 0 Å². The van der Waals surface area contributed by atoms with Gasteiger partial charge in [0.1, 0.15) is 5.01 Å². The quantitative estimate of drug-likeness (QED) is 0.922. The molecule has 1 atom stereocenters. The van der Waals surface area contributed by atoms with E-state index in [-0.39, 0.29) is 29.7 Å². The minimum Gasteiger partial charge on any atom is -0.337 e. The molecule has 1 aliphatic rings. The van der Waals surface area contributed by atoms with Crippen molar-refractivity contribution in [1.29, 1.82) is 0 Å². The maximum atomic E-state index is 12.3. The summed E-state index contributed by atoms with van der Waals surface area (Å²) in [5.41, 5.74) is -0.251. The van der Waals surface area contributed by atoms with Gasteiger partial charge in [0, 0.05) is 24.9 Å². The van der Waals surface area contributed by atoms with Gasteiger partial charge in [0.15, 0.2) is 0 Å². The van der Waals surface area contributed by atoms with Crippen LogP contribution >= 0.6 is 11.3 Å². The minimum absolute atomic E-state index is 0.0328. The number of hydrogen-bond acceptors (Lipinski definition) is 5. The summed E-state index contributed by atoms with van der Waals surface area (Å²) in [6.45, 7) is 10.6. The van der Waals surface area contributed by atoms with Crippen LogP contribution in [0, 0.1) is 11.8 Å². The van der Waals surface area contributed by atoms with Gasteiger partial charge in [0.25, 0.3) is 0 Å². The molecule has 1 aromatic rings. The molecule has 0 saturated carbocycles. The lowest BCUT2D eigenvalue weighted by molar-refractivity contribution is -0.131. The molecular formula is C15H24N4O2S. The maximum Gasteiger partial charge on any atom is 0.231 e. The van der Waals surface area contributed by atoms with E-state index < -0.39 is 0 Å². The van der Waals surface area contributed by atoms with Crippen LogP contribution in [0.2, 0.25) is 0 Å². The molecular weight excluding hydrogens is 300 g/mol. The Morgan fingerprint density at radius 1 is 1.41 bits per heavy atom. The highest BCUT2D eigenvalue weighted by Gasteiger charge is 2.39.